The van der Waals surface area contributed by atoms with Crippen LogP contribution in [0.1, 0.15) is 38.2 Å². The van der Waals surface area contributed by atoms with Gasteiger partial charge in [-0.2, -0.15) is 0 Å². The van der Waals surface area contributed by atoms with Crippen LogP contribution in [0.5, 0.6) is 0 Å². The number of rotatable bonds is 3. The van der Waals surface area contributed by atoms with Crippen LogP contribution in [0, 0.1) is 18.7 Å². The molecule has 3 aliphatic rings. The van der Waals surface area contributed by atoms with Crippen LogP contribution in [-0.2, 0) is 20.8 Å². The van der Waals surface area contributed by atoms with Crippen molar-refractivity contribution in [2.75, 3.05) is 0 Å². The van der Waals surface area contributed by atoms with E-state index in [1.54, 1.807) is 19.1 Å². The number of fused-ring (bicyclic) bond motifs is 3. The Hall–Kier alpha value is -2.80. The average molecular weight is 423 g/mol. The van der Waals surface area contributed by atoms with Gasteiger partial charge in [-0.15, -0.1) is 5.10 Å². The molecule has 1 aliphatic carbocycles. The molecule has 1 aromatic carbocycles. The molecule has 4 atom stereocenters. The highest BCUT2D eigenvalue weighted by Gasteiger charge is 2.61. The van der Waals surface area contributed by atoms with Crippen molar-refractivity contribution < 1.29 is 18.7 Å². The zero-order valence-electron chi connectivity index (χ0n) is 17.8. The molecule has 1 aromatic heterocycles. The second-order valence-electron chi connectivity index (χ2n) is 9.06. The van der Waals surface area contributed by atoms with E-state index in [2.05, 4.69) is 29.9 Å². The van der Waals surface area contributed by atoms with E-state index in [1.807, 2.05) is 10.9 Å². The summed E-state index contributed by atoms with van der Waals surface area (Å²) in [5, 5.41) is 8.54. The number of carbonyl (C=O) groups excluding carboxylic acids is 1. The van der Waals surface area contributed by atoms with Gasteiger partial charge in [0.05, 0.1) is 18.3 Å². The number of allylic oxidation sites excluding steroid dienone is 2. The van der Waals surface area contributed by atoms with Crippen molar-refractivity contribution in [2.24, 2.45) is 5.92 Å². The third-order valence-corrected chi connectivity index (χ3v) is 6.80. The maximum atomic E-state index is 13.6. The smallest absolute Gasteiger partial charge is 0.334 e. The van der Waals surface area contributed by atoms with Gasteiger partial charge in [-0.3, -0.25) is 0 Å². The van der Waals surface area contributed by atoms with E-state index >= 15 is 0 Å². The summed E-state index contributed by atoms with van der Waals surface area (Å²) in [5.41, 5.74) is 3.69. The molecule has 0 unspecified atom stereocenters. The summed E-state index contributed by atoms with van der Waals surface area (Å²) in [4.78, 5) is 12.1. The minimum Gasteiger partial charge on any atom is -0.455 e. The maximum absolute atomic E-state index is 13.6. The zero-order chi connectivity index (χ0) is 21.8. The van der Waals surface area contributed by atoms with Crippen LogP contribution < -0.4 is 0 Å². The lowest BCUT2D eigenvalue weighted by atomic mass is 9.84. The van der Waals surface area contributed by atoms with Gasteiger partial charge in [-0.25, -0.2) is 13.9 Å². The minimum atomic E-state index is -0.298. The first-order valence-electron chi connectivity index (χ1n) is 10.8. The van der Waals surface area contributed by atoms with Crippen LogP contribution in [0.15, 0.2) is 48.2 Å². The van der Waals surface area contributed by atoms with E-state index in [1.165, 1.54) is 11.6 Å². The molecule has 0 saturated carbocycles. The molecule has 2 aliphatic heterocycles. The lowest BCUT2D eigenvalue weighted by molar-refractivity contribution is -0.140. The van der Waals surface area contributed by atoms with E-state index < -0.39 is 0 Å². The molecule has 0 radical (unpaired) electrons. The van der Waals surface area contributed by atoms with Crippen molar-refractivity contribution in [1.29, 1.82) is 0 Å². The molecule has 2 fully saturated rings. The first-order chi connectivity index (χ1) is 14.8. The van der Waals surface area contributed by atoms with Crippen molar-refractivity contribution in [3.05, 3.63) is 59.6 Å². The number of esters is 1. The van der Waals surface area contributed by atoms with Gasteiger partial charge in [-0.1, -0.05) is 23.4 Å². The van der Waals surface area contributed by atoms with E-state index in [0.29, 0.717) is 23.4 Å². The summed E-state index contributed by atoms with van der Waals surface area (Å²) in [6.07, 6.45) is 7.27. The molecule has 0 bridgehead atoms. The summed E-state index contributed by atoms with van der Waals surface area (Å²) >= 11 is 0. The number of aromatic nitrogens is 3. The number of epoxide rings is 1. The standard InChI is InChI=1S/C24H26FN3O3/c1-14-11-17(7-9-19(14)25)20-13-28(27-26-20)12-16-5-4-10-24(3)22(31-24)21-18(8-6-16)15(2)23(29)30-21/h5,7,9,11,13,18,21-22H,2,4,6,8,10,12H2,1,3H3/b16-5+/t18-,21-,22-,24+/m0/s1. The van der Waals surface area contributed by atoms with Crippen LogP contribution in [0.2, 0.25) is 0 Å². The summed E-state index contributed by atoms with van der Waals surface area (Å²) < 4.78 is 27.0. The number of nitrogens with zero attached hydrogens (tertiary/aromatic N) is 3. The zero-order valence-corrected chi connectivity index (χ0v) is 17.8. The molecular weight excluding hydrogens is 397 g/mol. The molecule has 0 N–H and O–H groups in total. The number of ether oxygens (including phenoxy) is 2. The summed E-state index contributed by atoms with van der Waals surface area (Å²) in [6, 6.07) is 4.95. The van der Waals surface area contributed by atoms with Gasteiger partial charge < -0.3 is 9.47 Å². The highest BCUT2D eigenvalue weighted by atomic mass is 19.1. The molecule has 5 rings (SSSR count). The Bertz CT molecular complexity index is 1090. The average Bonchev–Trinajstić information content (AvgIpc) is 3.05. The Morgan fingerprint density at radius 2 is 2.23 bits per heavy atom. The van der Waals surface area contributed by atoms with E-state index in [4.69, 9.17) is 9.47 Å². The molecule has 162 valence electrons. The molecular formula is C24H26FN3O3. The van der Waals surface area contributed by atoms with E-state index in [9.17, 15) is 9.18 Å². The third-order valence-electron chi connectivity index (χ3n) is 6.80. The number of benzene rings is 1. The van der Waals surface area contributed by atoms with Crippen LogP contribution >= 0.6 is 0 Å². The summed E-state index contributed by atoms with van der Waals surface area (Å²) in [6.45, 7) is 8.42. The first kappa shape index (κ1) is 20.1. The van der Waals surface area contributed by atoms with Gasteiger partial charge in [0.1, 0.15) is 23.7 Å². The summed E-state index contributed by atoms with van der Waals surface area (Å²) in [7, 11) is 0. The van der Waals surface area contributed by atoms with Gasteiger partial charge in [0.15, 0.2) is 0 Å². The Labute approximate surface area is 180 Å². The predicted octanol–water partition coefficient (Wildman–Crippen LogP) is 4.15. The molecule has 31 heavy (non-hydrogen) atoms. The Morgan fingerprint density at radius 1 is 1.39 bits per heavy atom. The normalized spacial score (nSPS) is 32.0. The maximum Gasteiger partial charge on any atom is 0.334 e. The fourth-order valence-corrected chi connectivity index (χ4v) is 4.78. The fraction of sp³-hybridized carbons (Fsp3) is 0.458. The molecule has 0 amide bonds. The molecule has 2 saturated heterocycles. The topological polar surface area (TPSA) is 69.5 Å². The second kappa shape index (κ2) is 7.41. The van der Waals surface area contributed by atoms with Crippen LogP contribution in [-0.4, -0.2) is 38.8 Å². The molecule has 3 heterocycles. The van der Waals surface area contributed by atoms with Gasteiger partial charge in [-0.05, 0) is 63.3 Å². The lowest BCUT2D eigenvalue weighted by Crippen LogP contribution is -2.29. The molecule has 6 nitrogen and oxygen atoms in total. The number of halogens is 1. The van der Waals surface area contributed by atoms with Crippen LogP contribution in [0.25, 0.3) is 11.3 Å². The number of carbonyl (C=O) groups is 1. The van der Waals surface area contributed by atoms with Crippen molar-refractivity contribution in [3.63, 3.8) is 0 Å². The van der Waals surface area contributed by atoms with Crippen molar-refractivity contribution in [1.82, 2.24) is 15.0 Å². The van der Waals surface area contributed by atoms with Gasteiger partial charge in [0, 0.05) is 17.1 Å². The van der Waals surface area contributed by atoms with E-state index in [-0.39, 0.29) is 35.5 Å². The predicted molar refractivity (Wildman–Crippen MR) is 112 cm³/mol. The van der Waals surface area contributed by atoms with Crippen molar-refractivity contribution in [2.45, 2.75) is 63.9 Å². The Morgan fingerprint density at radius 3 is 3.03 bits per heavy atom. The number of hydrogen-bond donors (Lipinski definition) is 0. The monoisotopic (exact) mass is 423 g/mol. The van der Waals surface area contributed by atoms with Crippen LogP contribution in [0.3, 0.4) is 0 Å². The fourth-order valence-electron chi connectivity index (χ4n) is 4.78. The first-order valence-corrected chi connectivity index (χ1v) is 10.8. The molecule has 2 aromatic rings. The quantitative estimate of drug-likeness (QED) is 0.321. The van der Waals surface area contributed by atoms with Crippen molar-refractivity contribution in [3.8, 4) is 11.3 Å². The summed E-state index contributed by atoms with van der Waals surface area (Å²) in [5.74, 6) is -0.546. The SMILES string of the molecule is C=C1C(=O)O[C@H]2[C@H]1CC/C(Cn1cc(-c3ccc(F)c(C)c3)nn1)=C\CC[C@@]1(C)O[C@@H]21. The Balaban J connectivity index is 1.34. The highest BCUT2D eigenvalue weighted by Crippen LogP contribution is 2.49. The molecule has 7 heteroatoms. The number of hydrogen-bond acceptors (Lipinski definition) is 5. The van der Waals surface area contributed by atoms with Gasteiger partial charge in [0.25, 0.3) is 0 Å². The number of aryl methyl sites for hydroxylation is 1. The third kappa shape index (κ3) is 3.71. The van der Waals surface area contributed by atoms with Gasteiger partial charge >= 0.3 is 5.97 Å². The van der Waals surface area contributed by atoms with Gasteiger partial charge in [0.2, 0.25) is 0 Å². The van der Waals surface area contributed by atoms with Crippen molar-refractivity contribution >= 4 is 5.97 Å². The van der Waals surface area contributed by atoms with Crippen LogP contribution in [0.4, 0.5) is 4.39 Å². The molecule has 0 spiro atoms. The lowest BCUT2D eigenvalue weighted by Gasteiger charge is -2.20. The largest absolute Gasteiger partial charge is 0.455 e. The second-order valence-corrected chi connectivity index (χ2v) is 9.06. The minimum absolute atomic E-state index is 0.0191. The van der Waals surface area contributed by atoms with E-state index in [0.717, 1.165) is 31.2 Å². The highest BCUT2D eigenvalue weighted by molar-refractivity contribution is 5.91. The Kier molecular flexibility index (Phi) is 4.81.